The lowest BCUT2D eigenvalue weighted by molar-refractivity contribution is 0.0711. The molecule has 0 bridgehead atoms. The zero-order valence-electron chi connectivity index (χ0n) is 16.8. The lowest BCUT2D eigenvalue weighted by Crippen LogP contribution is -2.49. The normalized spacial score (nSPS) is 17.7. The predicted octanol–water partition coefficient (Wildman–Crippen LogP) is 2.40. The number of benzene rings is 1. The SMILES string of the molecule is Cc1c(C(=O)N2CCN(c3ccccc3F)CC2)oc2c1/C(=N/NC(N)=O)CCC2. The molecule has 8 nitrogen and oxygen atoms in total. The first-order valence-electron chi connectivity index (χ1n) is 9.99. The first-order chi connectivity index (χ1) is 14.5. The van der Waals surface area contributed by atoms with Crippen molar-refractivity contribution in [1.82, 2.24) is 10.3 Å². The largest absolute Gasteiger partial charge is 0.455 e. The number of hydrogen-bond donors (Lipinski definition) is 2. The highest BCUT2D eigenvalue weighted by atomic mass is 19.1. The van der Waals surface area contributed by atoms with Gasteiger partial charge in [0.15, 0.2) is 5.76 Å². The lowest BCUT2D eigenvalue weighted by Gasteiger charge is -2.35. The molecule has 1 aliphatic carbocycles. The van der Waals surface area contributed by atoms with E-state index in [1.54, 1.807) is 23.1 Å². The first-order valence-corrected chi connectivity index (χ1v) is 9.99. The van der Waals surface area contributed by atoms with Crippen molar-refractivity contribution in [2.75, 3.05) is 31.1 Å². The Kier molecular flexibility index (Phi) is 5.43. The van der Waals surface area contributed by atoms with Crippen molar-refractivity contribution < 1.29 is 18.4 Å². The molecule has 3 N–H and O–H groups in total. The van der Waals surface area contributed by atoms with Crippen LogP contribution < -0.4 is 16.1 Å². The maximum Gasteiger partial charge on any atom is 0.332 e. The van der Waals surface area contributed by atoms with Gasteiger partial charge in [-0.05, 0) is 31.9 Å². The third kappa shape index (κ3) is 3.74. The van der Waals surface area contributed by atoms with E-state index in [-0.39, 0.29) is 11.7 Å². The molecule has 9 heteroatoms. The minimum Gasteiger partial charge on any atom is -0.455 e. The van der Waals surface area contributed by atoms with Crippen LogP contribution in [0.4, 0.5) is 14.9 Å². The van der Waals surface area contributed by atoms with Crippen LogP contribution >= 0.6 is 0 Å². The van der Waals surface area contributed by atoms with Crippen LogP contribution in [0, 0.1) is 12.7 Å². The van der Waals surface area contributed by atoms with Gasteiger partial charge in [0.25, 0.3) is 5.91 Å². The van der Waals surface area contributed by atoms with E-state index < -0.39 is 6.03 Å². The fraction of sp³-hybridized carbons (Fsp3) is 0.381. The maximum atomic E-state index is 14.0. The average molecular weight is 413 g/mol. The van der Waals surface area contributed by atoms with Crippen LogP contribution in [0.2, 0.25) is 0 Å². The van der Waals surface area contributed by atoms with Gasteiger partial charge in [-0.15, -0.1) is 0 Å². The molecule has 2 heterocycles. The van der Waals surface area contributed by atoms with Crippen molar-refractivity contribution in [3.05, 3.63) is 52.7 Å². The molecule has 1 aromatic heterocycles. The van der Waals surface area contributed by atoms with Gasteiger partial charge < -0.3 is 20.0 Å². The summed E-state index contributed by atoms with van der Waals surface area (Å²) in [6, 6.07) is 5.92. The van der Waals surface area contributed by atoms with Crippen LogP contribution in [-0.4, -0.2) is 48.7 Å². The molecular formula is C21H24FN5O3. The Morgan fingerprint density at radius 1 is 1.17 bits per heavy atom. The third-order valence-corrected chi connectivity index (χ3v) is 5.58. The molecule has 2 aromatic rings. The number of anilines is 1. The number of carbonyl (C=O) groups excluding carboxylic acids is 2. The van der Waals surface area contributed by atoms with Crippen molar-refractivity contribution in [2.45, 2.75) is 26.2 Å². The van der Waals surface area contributed by atoms with E-state index in [1.807, 2.05) is 11.8 Å². The number of nitrogens with one attached hydrogen (secondary N) is 1. The molecular weight excluding hydrogens is 389 g/mol. The van der Waals surface area contributed by atoms with Crippen LogP contribution in [0.3, 0.4) is 0 Å². The summed E-state index contributed by atoms with van der Waals surface area (Å²) in [6.45, 7) is 3.86. The highest BCUT2D eigenvalue weighted by Gasteiger charge is 2.31. The highest BCUT2D eigenvalue weighted by molar-refractivity contribution is 6.06. The van der Waals surface area contributed by atoms with Crippen LogP contribution in [-0.2, 0) is 6.42 Å². The summed E-state index contributed by atoms with van der Waals surface area (Å²) in [4.78, 5) is 27.8. The number of urea groups is 1. The smallest absolute Gasteiger partial charge is 0.332 e. The van der Waals surface area contributed by atoms with Gasteiger partial charge in [-0.2, -0.15) is 5.10 Å². The summed E-state index contributed by atoms with van der Waals surface area (Å²) in [7, 11) is 0. The molecule has 2 aliphatic rings. The molecule has 0 radical (unpaired) electrons. The maximum absolute atomic E-state index is 14.0. The minimum atomic E-state index is -0.736. The summed E-state index contributed by atoms with van der Waals surface area (Å²) < 4.78 is 20.0. The second kappa shape index (κ2) is 8.17. The van der Waals surface area contributed by atoms with Gasteiger partial charge in [-0.3, -0.25) is 4.79 Å². The molecule has 0 saturated carbocycles. The molecule has 4 rings (SSSR count). The summed E-state index contributed by atoms with van der Waals surface area (Å²) in [5, 5.41) is 4.09. The molecule has 158 valence electrons. The molecule has 3 amide bonds. The topological polar surface area (TPSA) is 104 Å². The number of primary amides is 1. The number of para-hydroxylation sites is 1. The van der Waals surface area contributed by atoms with E-state index in [9.17, 15) is 14.0 Å². The average Bonchev–Trinajstić information content (AvgIpc) is 3.09. The third-order valence-electron chi connectivity index (χ3n) is 5.58. The van der Waals surface area contributed by atoms with Gasteiger partial charge in [0.2, 0.25) is 0 Å². The minimum absolute atomic E-state index is 0.183. The Morgan fingerprint density at radius 2 is 1.90 bits per heavy atom. The van der Waals surface area contributed by atoms with Gasteiger partial charge >= 0.3 is 6.03 Å². The number of hydrogen-bond acceptors (Lipinski definition) is 5. The van der Waals surface area contributed by atoms with Gasteiger partial charge in [-0.1, -0.05) is 12.1 Å². The lowest BCUT2D eigenvalue weighted by atomic mass is 9.93. The van der Waals surface area contributed by atoms with Gasteiger partial charge in [0, 0.05) is 43.7 Å². The standard InChI is InChI=1S/C21H24FN5O3/c1-13-18-15(24-25-21(23)29)6-4-8-17(18)30-19(13)20(28)27-11-9-26(10-12-27)16-7-3-2-5-14(16)22/h2-3,5,7H,4,6,8-12H2,1H3,(H3,23,25,29)/b24-15+. The number of rotatable bonds is 3. The van der Waals surface area contributed by atoms with Crippen LogP contribution in [0.25, 0.3) is 0 Å². The summed E-state index contributed by atoms with van der Waals surface area (Å²) in [5.74, 6) is 0.561. The summed E-state index contributed by atoms with van der Waals surface area (Å²) in [6.07, 6.45) is 2.19. The van der Waals surface area contributed by atoms with E-state index in [1.165, 1.54) is 6.07 Å². The zero-order valence-corrected chi connectivity index (χ0v) is 16.8. The zero-order chi connectivity index (χ0) is 21.3. The number of aryl methyl sites for hydroxylation is 1. The number of amides is 3. The molecule has 1 aliphatic heterocycles. The number of halogens is 1. The van der Waals surface area contributed by atoms with Gasteiger partial charge in [0.05, 0.1) is 11.4 Å². The van der Waals surface area contributed by atoms with Crippen LogP contribution in [0.1, 0.15) is 40.3 Å². The second-order valence-corrected chi connectivity index (χ2v) is 7.47. The Hall–Kier alpha value is -3.36. The highest BCUT2D eigenvalue weighted by Crippen LogP contribution is 2.31. The number of carbonyl (C=O) groups is 2. The Labute approximate surface area is 173 Å². The van der Waals surface area contributed by atoms with Crippen molar-refractivity contribution in [1.29, 1.82) is 0 Å². The number of furan rings is 1. The molecule has 0 spiro atoms. The van der Waals surface area contributed by atoms with E-state index >= 15 is 0 Å². The van der Waals surface area contributed by atoms with Crippen LogP contribution in [0.15, 0.2) is 33.8 Å². The first kappa shape index (κ1) is 19.9. The molecule has 1 fully saturated rings. The molecule has 30 heavy (non-hydrogen) atoms. The second-order valence-electron chi connectivity index (χ2n) is 7.47. The van der Waals surface area contributed by atoms with E-state index in [0.29, 0.717) is 61.9 Å². The number of fused-ring (bicyclic) bond motifs is 1. The predicted molar refractivity (Wildman–Crippen MR) is 110 cm³/mol. The van der Waals surface area contributed by atoms with Crippen molar-refractivity contribution in [3.8, 4) is 0 Å². The number of piperazine rings is 1. The molecule has 0 unspecified atom stereocenters. The number of nitrogens with zero attached hydrogens (tertiary/aromatic N) is 3. The molecule has 1 aromatic carbocycles. The van der Waals surface area contributed by atoms with Crippen molar-refractivity contribution in [3.63, 3.8) is 0 Å². The summed E-state index contributed by atoms with van der Waals surface area (Å²) in [5.41, 5.74) is 10.1. The fourth-order valence-electron chi connectivity index (χ4n) is 4.11. The van der Waals surface area contributed by atoms with Gasteiger partial charge in [0.1, 0.15) is 11.6 Å². The Morgan fingerprint density at radius 3 is 2.60 bits per heavy atom. The van der Waals surface area contributed by atoms with Gasteiger partial charge in [-0.25, -0.2) is 14.6 Å². The van der Waals surface area contributed by atoms with E-state index in [2.05, 4.69) is 10.5 Å². The van der Waals surface area contributed by atoms with Crippen molar-refractivity contribution >= 4 is 23.3 Å². The molecule has 1 saturated heterocycles. The molecule has 0 atom stereocenters. The Balaban J connectivity index is 1.51. The van der Waals surface area contributed by atoms with Crippen molar-refractivity contribution in [2.24, 2.45) is 10.8 Å². The fourth-order valence-corrected chi connectivity index (χ4v) is 4.11. The Bertz CT molecular complexity index is 1010. The summed E-state index contributed by atoms with van der Waals surface area (Å²) >= 11 is 0. The number of hydrazone groups is 1. The van der Waals surface area contributed by atoms with E-state index in [4.69, 9.17) is 10.2 Å². The van der Waals surface area contributed by atoms with E-state index in [0.717, 1.165) is 17.5 Å². The van der Waals surface area contributed by atoms with Crippen LogP contribution in [0.5, 0.6) is 0 Å². The quantitative estimate of drug-likeness (QED) is 0.754. The monoisotopic (exact) mass is 413 g/mol. The number of nitrogens with two attached hydrogens (primary N) is 1.